The Bertz CT molecular complexity index is 2510. The minimum absolute atomic E-state index is 0.530. The van der Waals surface area contributed by atoms with E-state index in [1.165, 1.54) is 59.1 Å². The van der Waals surface area contributed by atoms with Gasteiger partial charge >= 0.3 is 0 Å². The van der Waals surface area contributed by atoms with Crippen molar-refractivity contribution in [1.29, 1.82) is 0 Å². The Kier molecular flexibility index (Phi) is 11.0. The average Bonchev–Trinajstić information content (AvgIpc) is 4.04. The maximum absolute atomic E-state index is 2.64. The van der Waals surface area contributed by atoms with E-state index in [9.17, 15) is 0 Å². The highest BCUT2D eigenvalue weighted by molar-refractivity contribution is 6.88. The Morgan fingerprint density at radius 1 is 0.417 bits per heavy atom. The summed E-state index contributed by atoms with van der Waals surface area (Å²) in [7, 11) is -3.67. The molecule has 4 aliphatic carbocycles. The van der Waals surface area contributed by atoms with Crippen LogP contribution in [0, 0.1) is 11.8 Å². The molecule has 0 radical (unpaired) electrons. The van der Waals surface area contributed by atoms with Gasteiger partial charge in [0.1, 0.15) is 0 Å². The van der Waals surface area contributed by atoms with Crippen molar-refractivity contribution in [3.63, 3.8) is 0 Å². The van der Waals surface area contributed by atoms with Crippen LogP contribution in [-0.2, 0) is 0 Å². The molecule has 0 fully saturated rings. The minimum Gasteiger partial charge on any atom is -0.0717 e. The lowest BCUT2D eigenvalue weighted by Crippen LogP contribution is -2.40. The molecule has 4 unspecified atom stereocenters. The van der Waals surface area contributed by atoms with E-state index in [-0.39, 0.29) is 0 Å². The van der Waals surface area contributed by atoms with E-state index >= 15 is 0 Å². The van der Waals surface area contributed by atoms with Gasteiger partial charge in [-0.2, -0.15) is 0 Å². The zero-order valence-corrected chi connectivity index (χ0v) is 39.3. The Hall–Kier alpha value is -4.77. The van der Waals surface area contributed by atoms with Gasteiger partial charge in [0.2, 0.25) is 0 Å². The third-order valence-corrected chi connectivity index (χ3v) is 23.4. The molecule has 0 spiro atoms. The maximum atomic E-state index is 2.64. The number of benzene rings is 6. The Morgan fingerprint density at radius 3 is 1.12 bits per heavy atom. The fourth-order valence-electron chi connectivity index (χ4n) is 12.4. The molecule has 4 atom stereocenters. The van der Waals surface area contributed by atoms with Crippen molar-refractivity contribution in [1.82, 2.24) is 0 Å². The summed E-state index contributed by atoms with van der Waals surface area (Å²) in [5, 5.41) is 3.51. The van der Waals surface area contributed by atoms with E-state index in [0.29, 0.717) is 28.8 Å². The Morgan fingerprint density at radius 2 is 0.750 bits per heavy atom. The number of fused-ring (bicyclic) bond motifs is 8. The molecule has 0 aliphatic heterocycles. The molecule has 6 aromatic rings. The van der Waals surface area contributed by atoms with Crippen LogP contribution < -0.4 is 0 Å². The summed E-state index contributed by atoms with van der Waals surface area (Å²) in [5.74, 6) is 2.56. The molecular formula is C58H64Si2. The van der Waals surface area contributed by atoms with Crippen molar-refractivity contribution < 1.29 is 0 Å². The van der Waals surface area contributed by atoms with Crippen LogP contribution in [0.4, 0.5) is 0 Å². The van der Waals surface area contributed by atoms with Crippen LogP contribution in [0.1, 0.15) is 121 Å². The summed E-state index contributed by atoms with van der Waals surface area (Å²) in [6.07, 6.45) is 10.2. The fraction of sp³-hybridized carbons (Fsp3) is 0.310. The number of hydrogen-bond donors (Lipinski definition) is 0. The third-order valence-electron chi connectivity index (χ3n) is 15.4. The van der Waals surface area contributed by atoms with Gasteiger partial charge in [0.25, 0.3) is 0 Å². The summed E-state index contributed by atoms with van der Waals surface area (Å²) < 4.78 is 0. The second kappa shape index (κ2) is 16.3. The first kappa shape index (κ1) is 40.6. The number of allylic oxidation sites excluding steroid dienone is 2. The van der Waals surface area contributed by atoms with Crippen molar-refractivity contribution in [2.75, 3.05) is 0 Å². The van der Waals surface area contributed by atoms with Gasteiger partial charge in [0.05, 0.1) is 16.1 Å². The van der Waals surface area contributed by atoms with Gasteiger partial charge < -0.3 is 0 Å². The molecule has 0 bridgehead atoms. The van der Waals surface area contributed by atoms with Crippen LogP contribution in [0.5, 0.6) is 0 Å². The zero-order chi connectivity index (χ0) is 41.8. The molecule has 0 saturated carbocycles. The SMILES string of the molecule is CCC(C)C1C([Si](C)(C)C2c3ccccc3-c3ccccc32)=Cc2ccccc21.CCCC(CC)C1C([Si](C)(C)C2c3ccccc3-c3ccccc32)=Cc2ccccc21. The van der Waals surface area contributed by atoms with Crippen molar-refractivity contribution in [2.45, 2.75) is 102 Å². The highest BCUT2D eigenvalue weighted by Crippen LogP contribution is 2.57. The number of rotatable bonds is 10. The van der Waals surface area contributed by atoms with Gasteiger partial charge in [-0.3, -0.25) is 0 Å². The van der Waals surface area contributed by atoms with E-state index in [4.69, 9.17) is 0 Å². The minimum atomic E-state index is -1.85. The molecule has 6 aromatic carbocycles. The van der Waals surface area contributed by atoms with E-state index in [2.05, 4.69) is 212 Å². The van der Waals surface area contributed by atoms with Crippen LogP contribution in [0.2, 0.25) is 26.2 Å². The molecule has 0 N–H and O–H groups in total. The van der Waals surface area contributed by atoms with E-state index in [1.807, 2.05) is 0 Å². The highest BCUT2D eigenvalue weighted by atomic mass is 28.3. The molecular weight excluding hydrogens is 753 g/mol. The van der Waals surface area contributed by atoms with Gasteiger partial charge in [-0.1, -0.05) is 241 Å². The van der Waals surface area contributed by atoms with Gasteiger partial charge in [0, 0.05) is 22.9 Å². The molecule has 0 amide bonds. The van der Waals surface area contributed by atoms with E-state index in [0.717, 1.165) is 5.92 Å². The first-order valence-corrected chi connectivity index (χ1v) is 29.3. The van der Waals surface area contributed by atoms with Crippen LogP contribution in [0.25, 0.3) is 34.4 Å². The van der Waals surface area contributed by atoms with Crippen molar-refractivity contribution in [3.8, 4) is 22.3 Å². The molecule has 10 rings (SSSR count). The first-order chi connectivity index (χ1) is 29.1. The zero-order valence-electron chi connectivity index (χ0n) is 37.3. The molecule has 0 nitrogen and oxygen atoms in total. The monoisotopic (exact) mass is 816 g/mol. The quantitative estimate of drug-likeness (QED) is 0.121. The Labute approximate surface area is 363 Å². The van der Waals surface area contributed by atoms with Crippen molar-refractivity contribution in [3.05, 3.63) is 200 Å². The Balaban J connectivity index is 0.000000154. The largest absolute Gasteiger partial charge is 0.0885 e. The van der Waals surface area contributed by atoms with E-state index < -0.39 is 16.1 Å². The van der Waals surface area contributed by atoms with Gasteiger partial charge in [0.15, 0.2) is 0 Å². The van der Waals surface area contributed by atoms with Crippen molar-refractivity contribution in [2.24, 2.45) is 11.8 Å². The molecule has 0 aromatic heterocycles. The molecule has 0 saturated heterocycles. The summed E-state index contributed by atoms with van der Waals surface area (Å²) in [6, 6.07) is 54.9. The predicted molar refractivity (Wildman–Crippen MR) is 265 cm³/mol. The second-order valence-electron chi connectivity index (χ2n) is 19.4. The summed E-state index contributed by atoms with van der Waals surface area (Å²) in [5.41, 5.74) is 19.1. The topological polar surface area (TPSA) is 0 Å². The maximum Gasteiger partial charge on any atom is 0.0885 e. The highest BCUT2D eigenvalue weighted by Gasteiger charge is 2.49. The van der Waals surface area contributed by atoms with Gasteiger partial charge in [-0.05, 0) is 85.0 Å². The van der Waals surface area contributed by atoms with Crippen molar-refractivity contribution >= 4 is 28.3 Å². The summed E-state index contributed by atoms with van der Waals surface area (Å²) in [6.45, 7) is 20.0. The van der Waals surface area contributed by atoms with Gasteiger partial charge in [-0.15, -0.1) is 0 Å². The summed E-state index contributed by atoms with van der Waals surface area (Å²) in [4.78, 5) is 0. The fourth-order valence-corrected chi connectivity index (χ4v) is 20.7. The molecule has 0 heterocycles. The predicted octanol–water partition coefficient (Wildman–Crippen LogP) is 16.4. The lowest BCUT2D eigenvalue weighted by Gasteiger charge is -2.39. The first-order valence-electron chi connectivity index (χ1n) is 23.1. The number of hydrogen-bond acceptors (Lipinski definition) is 0. The standard InChI is InChI=1S/C30H34Si.C28H30Si/c1-5-13-21(6-2)29-23-15-8-7-14-22(23)20-28(29)31(3,4)30-26-18-11-9-16-24(26)25-17-10-12-19-27(25)30;1-5-19(2)27-21-13-7-6-12-20(21)18-26(27)29(3,4)28-24-16-10-8-14-22(24)23-15-9-11-17-25(23)28/h7-12,14-21,29-30H,5-6,13H2,1-4H3;6-19,27-28H,5H2,1-4H3. The molecule has 2 heteroatoms. The van der Waals surface area contributed by atoms with Crippen LogP contribution in [-0.4, -0.2) is 16.1 Å². The van der Waals surface area contributed by atoms with Crippen LogP contribution in [0.15, 0.2) is 156 Å². The van der Waals surface area contributed by atoms with Crippen LogP contribution >= 0.6 is 0 Å². The lowest BCUT2D eigenvalue weighted by atomic mass is 9.83. The average molecular weight is 817 g/mol. The molecule has 60 heavy (non-hydrogen) atoms. The third kappa shape index (κ3) is 6.61. The van der Waals surface area contributed by atoms with Crippen LogP contribution in [0.3, 0.4) is 0 Å². The van der Waals surface area contributed by atoms with E-state index in [1.54, 1.807) is 43.8 Å². The molecule has 4 aliphatic rings. The van der Waals surface area contributed by atoms with Gasteiger partial charge in [-0.25, -0.2) is 0 Å². The second-order valence-corrected chi connectivity index (χ2v) is 28.6. The summed E-state index contributed by atoms with van der Waals surface area (Å²) >= 11 is 0. The smallest absolute Gasteiger partial charge is 0.0717 e. The molecule has 304 valence electrons. The lowest BCUT2D eigenvalue weighted by molar-refractivity contribution is 0.421. The normalized spacial score (nSPS) is 18.5.